The van der Waals surface area contributed by atoms with Gasteiger partial charge >= 0.3 is 0 Å². The molecule has 5 nitrogen and oxygen atoms in total. The number of anilines is 1. The summed E-state index contributed by atoms with van der Waals surface area (Å²) in [6.07, 6.45) is 0.719. The van der Waals surface area contributed by atoms with E-state index in [0.717, 1.165) is 23.4 Å². The van der Waals surface area contributed by atoms with Gasteiger partial charge in [-0.05, 0) is 35.6 Å². The molecule has 0 atom stereocenters. The van der Waals surface area contributed by atoms with E-state index in [1.54, 1.807) is 4.90 Å². The van der Waals surface area contributed by atoms with Crippen molar-refractivity contribution in [2.75, 3.05) is 31.3 Å². The number of carbonyl (C=O) groups is 1. The maximum absolute atomic E-state index is 13.0. The van der Waals surface area contributed by atoms with Crippen LogP contribution in [0.1, 0.15) is 38.3 Å². The van der Waals surface area contributed by atoms with Crippen LogP contribution >= 0.6 is 0 Å². The molecule has 0 radical (unpaired) electrons. The second-order valence-corrected chi connectivity index (χ2v) is 8.26. The smallest absolute Gasteiger partial charge is 0.292 e. The van der Waals surface area contributed by atoms with Crippen LogP contribution < -0.4 is 9.64 Å². The first-order chi connectivity index (χ1) is 13.4. The number of carbonyl (C=O) groups excluding carboxylic acids is 1. The highest BCUT2D eigenvalue weighted by Gasteiger charge is 2.55. The fraction of sp³-hybridized carbons (Fsp3) is 0.435. The predicted molar refractivity (Wildman–Crippen MR) is 108 cm³/mol. The van der Waals surface area contributed by atoms with Crippen LogP contribution in [0.4, 0.5) is 5.69 Å². The van der Waals surface area contributed by atoms with Gasteiger partial charge in [-0.15, -0.1) is 0 Å². The molecule has 1 fully saturated rings. The van der Waals surface area contributed by atoms with Crippen LogP contribution in [0, 0.1) is 0 Å². The lowest BCUT2D eigenvalue weighted by atomic mass is 9.87. The van der Waals surface area contributed by atoms with Crippen LogP contribution in [0.2, 0.25) is 0 Å². The molecule has 0 saturated carbocycles. The third-order valence-corrected chi connectivity index (χ3v) is 5.29. The maximum Gasteiger partial charge on any atom is 0.292 e. The first kappa shape index (κ1) is 19.0. The molecule has 2 aliphatic heterocycles. The molecule has 2 aliphatic rings. The standard InChI is InChI=1S/C23H27NO4/c1-22(2,3)17-9-11-18(12-10-17)26-14-6-13-24-20-8-5-4-7-19(20)23(21(24)25)27-15-16-28-23/h4-5,7-12H,6,13-16H2,1-3H3. The minimum Gasteiger partial charge on any atom is -0.494 e. The lowest BCUT2D eigenvalue weighted by molar-refractivity contribution is -0.180. The number of para-hydroxylation sites is 1. The monoisotopic (exact) mass is 381 g/mol. The average molecular weight is 381 g/mol. The fourth-order valence-electron chi connectivity index (χ4n) is 3.77. The van der Waals surface area contributed by atoms with Crippen molar-refractivity contribution in [2.45, 2.75) is 38.4 Å². The van der Waals surface area contributed by atoms with E-state index in [1.807, 2.05) is 36.4 Å². The summed E-state index contributed by atoms with van der Waals surface area (Å²) in [7, 11) is 0. The zero-order chi connectivity index (χ0) is 19.8. The SMILES string of the molecule is CC(C)(C)c1ccc(OCCCN2C(=O)C3(OCCO3)c3ccccc32)cc1. The number of rotatable bonds is 5. The number of fused-ring (bicyclic) bond motifs is 2. The van der Waals surface area contributed by atoms with Crippen molar-refractivity contribution in [1.82, 2.24) is 0 Å². The van der Waals surface area contributed by atoms with Gasteiger partial charge in [0.25, 0.3) is 11.7 Å². The van der Waals surface area contributed by atoms with Crippen molar-refractivity contribution in [3.63, 3.8) is 0 Å². The summed E-state index contributed by atoms with van der Waals surface area (Å²) in [5.74, 6) is -0.541. The van der Waals surface area contributed by atoms with Crippen molar-refractivity contribution < 1.29 is 19.0 Å². The van der Waals surface area contributed by atoms with E-state index in [9.17, 15) is 4.79 Å². The van der Waals surface area contributed by atoms with Gasteiger partial charge in [0.15, 0.2) is 0 Å². The number of benzene rings is 2. The molecule has 148 valence electrons. The molecule has 2 heterocycles. The van der Waals surface area contributed by atoms with Crippen molar-refractivity contribution in [3.8, 4) is 5.75 Å². The molecule has 0 aliphatic carbocycles. The van der Waals surface area contributed by atoms with Crippen molar-refractivity contribution >= 4 is 11.6 Å². The maximum atomic E-state index is 13.0. The Bertz CT molecular complexity index is 848. The van der Waals surface area contributed by atoms with E-state index in [4.69, 9.17) is 14.2 Å². The molecule has 2 aromatic rings. The summed E-state index contributed by atoms with van der Waals surface area (Å²) < 4.78 is 17.4. The molecule has 0 unspecified atom stereocenters. The summed E-state index contributed by atoms with van der Waals surface area (Å²) >= 11 is 0. The number of hydrogen-bond acceptors (Lipinski definition) is 4. The van der Waals surface area contributed by atoms with Crippen LogP contribution in [0.3, 0.4) is 0 Å². The second kappa shape index (κ2) is 7.22. The van der Waals surface area contributed by atoms with Gasteiger partial charge in [-0.1, -0.05) is 51.1 Å². The Morgan fingerprint density at radius 2 is 1.71 bits per heavy atom. The first-order valence-electron chi connectivity index (χ1n) is 9.84. The summed E-state index contributed by atoms with van der Waals surface area (Å²) in [6, 6.07) is 15.9. The molecular weight excluding hydrogens is 354 g/mol. The molecule has 1 saturated heterocycles. The Balaban J connectivity index is 1.37. The van der Waals surface area contributed by atoms with E-state index >= 15 is 0 Å². The highest BCUT2D eigenvalue weighted by molar-refractivity contribution is 6.06. The van der Waals surface area contributed by atoms with Gasteiger partial charge in [0, 0.05) is 12.1 Å². The van der Waals surface area contributed by atoms with Gasteiger partial charge in [-0.25, -0.2) is 0 Å². The van der Waals surface area contributed by atoms with E-state index in [-0.39, 0.29) is 11.3 Å². The molecule has 4 rings (SSSR count). The predicted octanol–water partition coefficient (Wildman–Crippen LogP) is 4.00. The van der Waals surface area contributed by atoms with Gasteiger partial charge in [0.05, 0.1) is 25.5 Å². The van der Waals surface area contributed by atoms with Crippen molar-refractivity contribution in [3.05, 3.63) is 59.7 Å². The Morgan fingerprint density at radius 1 is 1.04 bits per heavy atom. The summed E-state index contributed by atoms with van der Waals surface area (Å²) in [6.45, 7) is 8.54. The summed E-state index contributed by atoms with van der Waals surface area (Å²) in [5.41, 5.74) is 3.07. The fourth-order valence-corrected chi connectivity index (χ4v) is 3.77. The highest BCUT2D eigenvalue weighted by Crippen LogP contribution is 2.45. The summed E-state index contributed by atoms with van der Waals surface area (Å²) in [5, 5.41) is 0. The first-order valence-corrected chi connectivity index (χ1v) is 9.84. The van der Waals surface area contributed by atoms with Crippen LogP contribution in [-0.4, -0.2) is 32.3 Å². The highest BCUT2D eigenvalue weighted by atomic mass is 16.7. The quantitative estimate of drug-likeness (QED) is 0.735. The topological polar surface area (TPSA) is 48.0 Å². The van der Waals surface area contributed by atoms with Gasteiger partial charge in [0.2, 0.25) is 0 Å². The van der Waals surface area contributed by atoms with Crippen LogP contribution in [0.5, 0.6) is 5.75 Å². The molecule has 1 spiro atoms. The summed E-state index contributed by atoms with van der Waals surface area (Å²) in [4.78, 5) is 14.8. The Kier molecular flexibility index (Phi) is 4.89. The van der Waals surface area contributed by atoms with E-state index in [0.29, 0.717) is 26.4 Å². The number of hydrogen-bond donors (Lipinski definition) is 0. The van der Waals surface area contributed by atoms with Crippen LogP contribution in [0.25, 0.3) is 0 Å². The van der Waals surface area contributed by atoms with E-state index < -0.39 is 5.79 Å². The Morgan fingerprint density at radius 3 is 2.39 bits per heavy atom. The molecule has 0 aromatic heterocycles. The third-order valence-electron chi connectivity index (χ3n) is 5.29. The Labute approximate surface area is 166 Å². The van der Waals surface area contributed by atoms with Crippen LogP contribution in [0.15, 0.2) is 48.5 Å². The van der Waals surface area contributed by atoms with Gasteiger partial charge < -0.3 is 19.1 Å². The van der Waals surface area contributed by atoms with E-state index in [2.05, 4.69) is 32.9 Å². The zero-order valence-electron chi connectivity index (χ0n) is 16.7. The molecule has 1 amide bonds. The molecule has 5 heteroatoms. The van der Waals surface area contributed by atoms with Gasteiger partial charge in [0.1, 0.15) is 5.75 Å². The molecule has 0 N–H and O–H groups in total. The number of ether oxygens (including phenoxy) is 3. The zero-order valence-corrected chi connectivity index (χ0v) is 16.7. The lowest BCUT2D eigenvalue weighted by Gasteiger charge is -2.22. The normalized spacial score (nSPS) is 18.0. The number of nitrogens with zero attached hydrogens (tertiary/aromatic N) is 1. The van der Waals surface area contributed by atoms with Crippen LogP contribution in [-0.2, 0) is 25.5 Å². The minimum atomic E-state index is -1.25. The molecule has 0 bridgehead atoms. The largest absolute Gasteiger partial charge is 0.494 e. The van der Waals surface area contributed by atoms with E-state index in [1.165, 1.54) is 5.56 Å². The Hall–Kier alpha value is -2.37. The van der Waals surface area contributed by atoms with Crippen molar-refractivity contribution in [2.24, 2.45) is 0 Å². The van der Waals surface area contributed by atoms with Gasteiger partial charge in [-0.2, -0.15) is 0 Å². The minimum absolute atomic E-state index is 0.127. The molecular formula is C23H27NO4. The molecule has 28 heavy (non-hydrogen) atoms. The molecule has 2 aromatic carbocycles. The van der Waals surface area contributed by atoms with Crippen molar-refractivity contribution in [1.29, 1.82) is 0 Å². The lowest BCUT2D eigenvalue weighted by Crippen LogP contribution is -2.41. The van der Waals surface area contributed by atoms with Gasteiger partial charge in [-0.3, -0.25) is 4.79 Å². The number of amides is 1. The average Bonchev–Trinajstić information content (AvgIpc) is 3.26. The second-order valence-electron chi connectivity index (χ2n) is 8.26. The third kappa shape index (κ3) is 3.29.